The third kappa shape index (κ3) is 4.38. The van der Waals surface area contributed by atoms with Crippen molar-refractivity contribution in [3.8, 4) is 0 Å². The van der Waals surface area contributed by atoms with E-state index < -0.39 is 11.6 Å². The lowest BCUT2D eigenvalue weighted by Gasteiger charge is -2.23. The van der Waals surface area contributed by atoms with Gasteiger partial charge < -0.3 is 24.7 Å². The van der Waals surface area contributed by atoms with Crippen LogP contribution in [0.2, 0.25) is 0 Å². The van der Waals surface area contributed by atoms with Crippen LogP contribution in [0.3, 0.4) is 0 Å². The normalized spacial score (nSPS) is 13.8. The van der Waals surface area contributed by atoms with Crippen molar-refractivity contribution in [3.05, 3.63) is 40.7 Å². The zero-order chi connectivity index (χ0) is 17.9. The summed E-state index contributed by atoms with van der Waals surface area (Å²) in [5, 5.41) is 19.8. The first-order valence-electron chi connectivity index (χ1n) is 7.96. The molecule has 132 valence electrons. The van der Waals surface area contributed by atoms with Gasteiger partial charge in [0.15, 0.2) is 5.76 Å². The van der Waals surface area contributed by atoms with Gasteiger partial charge in [0, 0.05) is 11.6 Å². The number of furan rings is 1. The van der Waals surface area contributed by atoms with E-state index in [0.717, 1.165) is 11.5 Å². The van der Waals surface area contributed by atoms with Crippen LogP contribution in [0, 0.1) is 13.8 Å². The molecule has 0 radical (unpaired) electrons. The number of aromatic nitrogens is 1. The SMILES string of the molecule is Cc1cc(C(C)(O)CNC(=O)NCc2cc(C(C)C)no2)c(C)o1. The number of nitrogens with one attached hydrogen (secondary N) is 2. The highest BCUT2D eigenvalue weighted by molar-refractivity contribution is 5.73. The molecular formula is C17H25N3O4. The molecule has 0 saturated carbocycles. The number of urea groups is 1. The zero-order valence-electron chi connectivity index (χ0n) is 14.8. The van der Waals surface area contributed by atoms with Gasteiger partial charge in [-0.25, -0.2) is 4.79 Å². The number of aliphatic hydroxyl groups is 1. The molecule has 0 aliphatic carbocycles. The van der Waals surface area contributed by atoms with Gasteiger partial charge in [0.2, 0.25) is 0 Å². The Labute approximate surface area is 141 Å². The molecule has 0 aromatic carbocycles. The van der Waals surface area contributed by atoms with E-state index in [-0.39, 0.29) is 19.0 Å². The van der Waals surface area contributed by atoms with E-state index in [1.54, 1.807) is 19.9 Å². The predicted molar refractivity (Wildman–Crippen MR) is 88.6 cm³/mol. The lowest BCUT2D eigenvalue weighted by Crippen LogP contribution is -2.43. The Morgan fingerprint density at radius 2 is 2.04 bits per heavy atom. The van der Waals surface area contributed by atoms with E-state index in [0.29, 0.717) is 17.1 Å². The molecule has 2 aromatic heterocycles. The fourth-order valence-electron chi connectivity index (χ4n) is 2.43. The minimum absolute atomic E-state index is 0.0618. The van der Waals surface area contributed by atoms with Crippen molar-refractivity contribution in [2.24, 2.45) is 0 Å². The summed E-state index contributed by atoms with van der Waals surface area (Å²) >= 11 is 0. The summed E-state index contributed by atoms with van der Waals surface area (Å²) in [6.45, 7) is 9.56. The molecule has 2 aromatic rings. The van der Waals surface area contributed by atoms with E-state index >= 15 is 0 Å². The van der Waals surface area contributed by atoms with Gasteiger partial charge in [0.1, 0.15) is 17.1 Å². The van der Waals surface area contributed by atoms with Crippen molar-refractivity contribution in [1.82, 2.24) is 15.8 Å². The van der Waals surface area contributed by atoms with Crippen molar-refractivity contribution < 1.29 is 18.8 Å². The molecule has 0 aliphatic heterocycles. The zero-order valence-corrected chi connectivity index (χ0v) is 14.8. The highest BCUT2D eigenvalue weighted by Crippen LogP contribution is 2.26. The van der Waals surface area contributed by atoms with E-state index in [9.17, 15) is 9.90 Å². The topological polar surface area (TPSA) is 101 Å². The molecule has 2 rings (SSSR count). The first kappa shape index (κ1) is 18.1. The lowest BCUT2D eigenvalue weighted by atomic mass is 9.96. The minimum Gasteiger partial charge on any atom is -0.466 e. The van der Waals surface area contributed by atoms with E-state index in [2.05, 4.69) is 15.8 Å². The van der Waals surface area contributed by atoms with Crippen LogP contribution in [0.25, 0.3) is 0 Å². The van der Waals surface area contributed by atoms with Gasteiger partial charge in [-0.3, -0.25) is 0 Å². The van der Waals surface area contributed by atoms with Crippen LogP contribution in [-0.2, 0) is 12.1 Å². The highest BCUT2D eigenvalue weighted by atomic mass is 16.5. The van der Waals surface area contributed by atoms with Crippen molar-refractivity contribution in [2.45, 2.75) is 52.7 Å². The maximum absolute atomic E-state index is 11.9. The van der Waals surface area contributed by atoms with Crippen LogP contribution >= 0.6 is 0 Å². The van der Waals surface area contributed by atoms with Crippen LogP contribution < -0.4 is 10.6 Å². The number of rotatable bonds is 6. The monoisotopic (exact) mass is 335 g/mol. The lowest BCUT2D eigenvalue weighted by molar-refractivity contribution is 0.0578. The number of amides is 2. The van der Waals surface area contributed by atoms with Crippen molar-refractivity contribution in [2.75, 3.05) is 6.54 Å². The summed E-state index contributed by atoms with van der Waals surface area (Å²) in [5.74, 6) is 2.22. The summed E-state index contributed by atoms with van der Waals surface area (Å²) in [6, 6.07) is 3.20. The standard InChI is InChI=1S/C17H25N3O4/c1-10(2)15-7-13(24-20-15)8-18-16(21)19-9-17(5,22)14-6-11(3)23-12(14)4/h6-7,10,22H,8-9H2,1-5H3,(H2,18,19,21). The van der Waals surface area contributed by atoms with Gasteiger partial charge in [-0.1, -0.05) is 19.0 Å². The predicted octanol–water partition coefficient (Wildman–Crippen LogP) is 2.71. The Hall–Kier alpha value is -2.28. The van der Waals surface area contributed by atoms with Gasteiger partial charge in [0.05, 0.1) is 18.8 Å². The molecular weight excluding hydrogens is 310 g/mol. The molecule has 1 unspecified atom stereocenters. The van der Waals surface area contributed by atoms with Gasteiger partial charge in [-0.15, -0.1) is 0 Å². The average molecular weight is 335 g/mol. The fourth-order valence-corrected chi connectivity index (χ4v) is 2.43. The number of nitrogens with zero attached hydrogens (tertiary/aromatic N) is 1. The number of hydrogen-bond donors (Lipinski definition) is 3. The molecule has 7 nitrogen and oxygen atoms in total. The van der Waals surface area contributed by atoms with E-state index in [1.807, 2.05) is 26.8 Å². The second-order valence-corrected chi connectivity index (χ2v) is 6.51. The maximum atomic E-state index is 11.9. The minimum atomic E-state index is -1.21. The molecule has 0 bridgehead atoms. The first-order chi connectivity index (χ1) is 11.2. The Kier molecular flexibility index (Phi) is 5.33. The van der Waals surface area contributed by atoms with Crippen LogP contribution in [0.15, 0.2) is 21.1 Å². The number of aryl methyl sites for hydroxylation is 2. The molecule has 24 heavy (non-hydrogen) atoms. The number of carbonyl (C=O) groups excluding carboxylic acids is 1. The second-order valence-electron chi connectivity index (χ2n) is 6.51. The molecule has 3 N–H and O–H groups in total. The molecule has 1 atom stereocenters. The highest BCUT2D eigenvalue weighted by Gasteiger charge is 2.28. The Morgan fingerprint density at radius 3 is 2.58 bits per heavy atom. The molecule has 0 saturated heterocycles. The summed E-state index contributed by atoms with van der Waals surface area (Å²) < 4.78 is 10.6. The average Bonchev–Trinajstić information content (AvgIpc) is 3.10. The van der Waals surface area contributed by atoms with Crippen LogP contribution in [0.1, 0.15) is 55.2 Å². The van der Waals surface area contributed by atoms with Gasteiger partial charge in [-0.2, -0.15) is 0 Å². The van der Waals surface area contributed by atoms with Crippen molar-refractivity contribution in [1.29, 1.82) is 0 Å². The Morgan fingerprint density at radius 1 is 1.33 bits per heavy atom. The van der Waals surface area contributed by atoms with Gasteiger partial charge >= 0.3 is 6.03 Å². The molecule has 0 fully saturated rings. The molecule has 0 spiro atoms. The van der Waals surface area contributed by atoms with E-state index in [4.69, 9.17) is 8.94 Å². The van der Waals surface area contributed by atoms with E-state index in [1.165, 1.54) is 0 Å². The fraction of sp³-hybridized carbons (Fsp3) is 0.529. The van der Waals surface area contributed by atoms with Crippen molar-refractivity contribution >= 4 is 6.03 Å². The molecule has 0 aliphatic rings. The third-order valence-corrected chi connectivity index (χ3v) is 3.81. The van der Waals surface area contributed by atoms with Crippen molar-refractivity contribution in [3.63, 3.8) is 0 Å². The number of carbonyl (C=O) groups is 1. The third-order valence-electron chi connectivity index (χ3n) is 3.81. The summed E-state index contributed by atoms with van der Waals surface area (Å²) in [4.78, 5) is 11.9. The summed E-state index contributed by atoms with van der Waals surface area (Å²) in [7, 11) is 0. The van der Waals surface area contributed by atoms with Crippen LogP contribution in [-0.4, -0.2) is 22.8 Å². The second kappa shape index (κ2) is 7.09. The van der Waals surface area contributed by atoms with Gasteiger partial charge in [-0.05, 0) is 32.8 Å². The number of hydrogen-bond acceptors (Lipinski definition) is 5. The summed E-state index contributed by atoms with van der Waals surface area (Å²) in [6.07, 6.45) is 0. The smallest absolute Gasteiger partial charge is 0.315 e. The Balaban J connectivity index is 1.85. The first-order valence-corrected chi connectivity index (χ1v) is 7.96. The summed E-state index contributed by atoms with van der Waals surface area (Å²) in [5.41, 5.74) is 0.300. The van der Waals surface area contributed by atoms with Crippen LogP contribution in [0.5, 0.6) is 0 Å². The molecule has 7 heteroatoms. The Bertz CT molecular complexity index is 701. The largest absolute Gasteiger partial charge is 0.466 e. The molecule has 2 heterocycles. The quantitative estimate of drug-likeness (QED) is 0.753. The maximum Gasteiger partial charge on any atom is 0.315 e. The van der Waals surface area contributed by atoms with Crippen LogP contribution in [0.4, 0.5) is 4.79 Å². The molecule has 2 amide bonds. The van der Waals surface area contributed by atoms with Gasteiger partial charge in [0.25, 0.3) is 0 Å².